The summed E-state index contributed by atoms with van der Waals surface area (Å²) in [6.07, 6.45) is 3.28. The molecule has 32 heavy (non-hydrogen) atoms. The number of rotatable bonds is 5. The van der Waals surface area contributed by atoms with E-state index in [1.807, 2.05) is 0 Å². The lowest BCUT2D eigenvalue weighted by atomic mass is 9.74. The molecule has 0 atom stereocenters. The first-order chi connectivity index (χ1) is 15.4. The van der Waals surface area contributed by atoms with Crippen LogP contribution in [0.25, 0.3) is 22.2 Å². The molecular formula is C24H21F3N4O. The summed E-state index contributed by atoms with van der Waals surface area (Å²) >= 11 is 0. The smallest absolute Gasteiger partial charge is 0.226 e. The molecule has 5 rings (SSSR count). The van der Waals surface area contributed by atoms with E-state index in [0.29, 0.717) is 35.2 Å². The van der Waals surface area contributed by atoms with Crippen LogP contribution < -0.4 is 5.32 Å². The lowest BCUT2D eigenvalue weighted by Gasteiger charge is -2.36. The van der Waals surface area contributed by atoms with Crippen LogP contribution in [0.2, 0.25) is 0 Å². The van der Waals surface area contributed by atoms with E-state index in [4.69, 9.17) is 0 Å². The van der Waals surface area contributed by atoms with Gasteiger partial charge in [0.25, 0.3) is 0 Å². The van der Waals surface area contributed by atoms with Crippen LogP contribution in [0.15, 0.2) is 48.7 Å². The number of benzene rings is 2. The Bertz CT molecular complexity index is 1300. The lowest BCUT2D eigenvalue weighted by Crippen LogP contribution is -2.44. The molecule has 2 heterocycles. The number of carbonyl (C=O) groups is 1. The van der Waals surface area contributed by atoms with Gasteiger partial charge in [0.2, 0.25) is 5.91 Å². The van der Waals surface area contributed by atoms with Crippen molar-refractivity contribution in [2.45, 2.75) is 31.2 Å². The number of fused-ring (bicyclic) bond motifs is 1. The van der Waals surface area contributed by atoms with Crippen molar-refractivity contribution >= 4 is 16.8 Å². The molecular weight excluding hydrogens is 417 g/mol. The summed E-state index contributed by atoms with van der Waals surface area (Å²) in [6, 6.07) is 9.84. The van der Waals surface area contributed by atoms with Crippen molar-refractivity contribution in [1.82, 2.24) is 20.1 Å². The summed E-state index contributed by atoms with van der Waals surface area (Å²) in [5.74, 6) is -1.80. The number of halogens is 3. The van der Waals surface area contributed by atoms with Crippen LogP contribution in [-0.2, 0) is 18.3 Å². The normalized spacial score (nSPS) is 18.0. The highest BCUT2D eigenvalue weighted by molar-refractivity contribution is 5.92. The average Bonchev–Trinajstić information content (AvgIpc) is 3.28. The van der Waals surface area contributed by atoms with Crippen LogP contribution in [0, 0.1) is 17.5 Å². The van der Waals surface area contributed by atoms with Gasteiger partial charge in [0.1, 0.15) is 17.5 Å². The van der Waals surface area contributed by atoms with Crippen LogP contribution in [0.5, 0.6) is 0 Å². The lowest BCUT2D eigenvalue weighted by molar-refractivity contribution is -0.121. The van der Waals surface area contributed by atoms with Crippen molar-refractivity contribution in [2.75, 3.05) is 0 Å². The Morgan fingerprint density at radius 3 is 2.56 bits per heavy atom. The molecule has 1 fully saturated rings. The second-order valence-electron chi connectivity index (χ2n) is 8.32. The molecule has 0 radical (unpaired) electrons. The van der Waals surface area contributed by atoms with E-state index in [1.165, 1.54) is 18.2 Å². The van der Waals surface area contributed by atoms with Gasteiger partial charge in [0, 0.05) is 30.7 Å². The zero-order chi connectivity index (χ0) is 22.4. The van der Waals surface area contributed by atoms with E-state index < -0.39 is 11.6 Å². The van der Waals surface area contributed by atoms with Gasteiger partial charge < -0.3 is 10.3 Å². The zero-order valence-corrected chi connectivity index (χ0v) is 17.3. The van der Waals surface area contributed by atoms with Gasteiger partial charge in [-0.3, -0.25) is 9.48 Å². The van der Waals surface area contributed by atoms with Crippen molar-refractivity contribution < 1.29 is 18.0 Å². The molecule has 2 aromatic heterocycles. The Hall–Kier alpha value is -3.55. The van der Waals surface area contributed by atoms with Gasteiger partial charge in [0.05, 0.1) is 23.3 Å². The Kier molecular flexibility index (Phi) is 5.00. The van der Waals surface area contributed by atoms with Gasteiger partial charge in [-0.15, -0.1) is 0 Å². The van der Waals surface area contributed by atoms with E-state index in [0.717, 1.165) is 11.6 Å². The number of aryl methyl sites for hydroxylation is 1. The highest BCUT2D eigenvalue weighted by atomic mass is 19.1. The molecule has 0 bridgehead atoms. The van der Waals surface area contributed by atoms with Crippen LogP contribution in [-0.4, -0.2) is 26.7 Å². The van der Waals surface area contributed by atoms with Crippen molar-refractivity contribution in [1.29, 1.82) is 0 Å². The second kappa shape index (κ2) is 7.85. The van der Waals surface area contributed by atoms with Crippen LogP contribution >= 0.6 is 0 Å². The summed E-state index contributed by atoms with van der Waals surface area (Å²) in [7, 11) is 1.80. The van der Waals surface area contributed by atoms with Crippen LogP contribution in [0.4, 0.5) is 13.2 Å². The molecule has 1 saturated carbocycles. The molecule has 2 N–H and O–H groups in total. The predicted octanol–water partition coefficient (Wildman–Crippen LogP) is 4.59. The fraction of sp³-hybridized carbons (Fsp3) is 0.250. The highest BCUT2D eigenvalue weighted by Gasteiger charge is 2.35. The molecule has 8 heteroatoms. The first-order valence-corrected chi connectivity index (χ1v) is 10.4. The first-order valence-electron chi connectivity index (χ1n) is 10.4. The molecule has 164 valence electrons. The van der Waals surface area contributed by atoms with Crippen molar-refractivity contribution in [3.05, 3.63) is 77.4 Å². The largest absolute Gasteiger partial charge is 0.353 e. The summed E-state index contributed by atoms with van der Waals surface area (Å²) < 4.78 is 43.6. The molecule has 4 aromatic rings. The minimum absolute atomic E-state index is 0.00477. The Balaban J connectivity index is 1.39. The summed E-state index contributed by atoms with van der Waals surface area (Å²) in [6.45, 7) is 0. The fourth-order valence-corrected chi connectivity index (χ4v) is 4.48. The van der Waals surface area contributed by atoms with E-state index in [1.54, 1.807) is 36.1 Å². The van der Waals surface area contributed by atoms with Crippen molar-refractivity contribution in [3.63, 3.8) is 0 Å². The summed E-state index contributed by atoms with van der Waals surface area (Å²) in [5, 5.41) is 7.70. The maximum atomic E-state index is 14.5. The van der Waals surface area contributed by atoms with Gasteiger partial charge in [0.15, 0.2) is 0 Å². The van der Waals surface area contributed by atoms with Gasteiger partial charge in [-0.1, -0.05) is 0 Å². The van der Waals surface area contributed by atoms with Crippen molar-refractivity contribution in [2.24, 2.45) is 7.05 Å². The number of nitrogens with one attached hydrogen (secondary N) is 2. The summed E-state index contributed by atoms with van der Waals surface area (Å²) in [5.41, 5.74) is 3.05. The third kappa shape index (κ3) is 3.77. The Morgan fingerprint density at radius 1 is 1.12 bits per heavy atom. The maximum absolute atomic E-state index is 14.5. The maximum Gasteiger partial charge on any atom is 0.226 e. The third-order valence-corrected chi connectivity index (χ3v) is 6.02. The second-order valence-corrected chi connectivity index (χ2v) is 8.32. The molecule has 1 aliphatic rings. The van der Waals surface area contributed by atoms with E-state index in [2.05, 4.69) is 15.4 Å². The number of hydrogen-bond donors (Lipinski definition) is 2. The number of aromatic amines is 1. The monoisotopic (exact) mass is 438 g/mol. The van der Waals surface area contributed by atoms with Gasteiger partial charge in [-0.05, 0) is 66.3 Å². The Labute approximate surface area is 182 Å². The average molecular weight is 438 g/mol. The Morgan fingerprint density at radius 2 is 1.88 bits per heavy atom. The highest BCUT2D eigenvalue weighted by Crippen LogP contribution is 2.45. The summed E-state index contributed by atoms with van der Waals surface area (Å²) in [4.78, 5) is 15.4. The first kappa shape index (κ1) is 20.4. The van der Waals surface area contributed by atoms with E-state index in [-0.39, 0.29) is 35.6 Å². The van der Waals surface area contributed by atoms with Crippen molar-refractivity contribution in [3.8, 4) is 11.3 Å². The third-order valence-electron chi connectivity index (χ3n) is 6.02. The van der Waals surface area contributed by atoms with E-state index >= 15 is 0 Å². The van der Waals surface area contributed by atoms with Gasteiger partial charge in [-0.25, -0.2) is 13.2 Å². The standard InChI is InChI=1S/C24H21F3N4O/c1-31-7-6-17(30-31)12-21(32)28-18-8-14(9-18)22-19-10-16(26)11-20(27)24(19)29-23(22)13-2-4-15(25)5-3-13/h2-7,10-11,14,18,29H,8-9,12H2,1H3,(H,28,32). The number of H-pyrrole nitrogens is 1. The zero-order valence-electron chi connectivity index (χ0n) is 17.3. The predicted molar refractivity (Wildman–Crippen MR) is 114 cm³/mol. The molecule has 0 unspecified atom stereocenters. The SMILES string of the molecule is Cn1ccc(CC(=O)NC2CC(c3c(-c4ccc(F)cc4)[nH]c4c(F)cc(F)cc34)C2)n1. The molecule has 0 saturated heterocycles. The quantitative estimate of drug-likeness (QED) is 0.479. The molecule has 1 aliphatic carbocycles. The number of carbonyl (C=O) groups excluding carboxylic acids is 1. The number of amides is 1. The number of aromatic nitrogens is 3. The molecule has 0 aliphatic heterocycles. The van der Waals surface area contributed by atoms with Crippen LogP contribution in [0.1, 0.15) is 30.0 Å². The molecule has 0 spiro atoms. The fourth-order valence-electron chi connectivity index (χ4n) is 4.48. The van der Waals surface area contributed by atoms with Crippen LogP contribution in [0.3, 0.4) is 0 Å². The van der Waals surface area contributed by atoms with E-state index in [9.17, 15) is 18.0 Å². The van der Waals surface area contributed by atoms with Gasteiger partial charge >= 0.3 is 0 Å². The minimum atomic E-state index is -0.672. The molecule has 2 aromatic carbocycles. The minimum Gasteiger partial charge on any atom is -0.353 e. The molecule has 1 amide bonds. The topological polar surface area (TPSA) is 62.7 Å². The molecule has 5 nitrogen and oxygen atoms in total. The van der Waals surface area contributed by atoms with Gasteiger partial charge in [-0.2, -0.15) is 5.10 Å². The number of hydrogen-bond acceptors (Lipinski definition) is 2. The number of nitrogens with zero attached hydrogens (tertiary/aromatic N) is 2.